The molecule has 37 heavy (non-hydrogen) atoms. The molecule has 1 fully saturated rings. The number of ketones is 1. The Morgan fingerprint density at radius 2 is 1.84 bits per heavy atom. The number of carbonyl (C=O) groups excluding carboxylic acids is 2. The van der Waals surface area contributed by atoms with Crippen molar-refractivity contribution in [3.63, 3.8) is 0 Å². The Bertz CT molecular complexity index is 1480. The van der Waals surface area contributed by atoms with E-state index in [1.807, 2.05) is 25.1 Å². The van der Waals surface area contributed by atoms with Crippen LogP contribution in [0.25, 0.3) is 10.9 Å². The molecule has 1 aromatic carbocycles. The van der Waals surface area contributed by atoms with Crippen molar-refractivity contribution in [3.05, 3.63) is 95.0 Å². The molecule has 3 aliphatic rings. The average Bonchev–Trinajstić information content (AvgIpc) is 3.59. The lowest BCUT2D eigenvalue weighted by Gasteiger charge is -2.45. The lowest BCUT2D eigenvalue weighted by atomic mass is 9.55. The van der Waals surface area contributed by atoms with Crippen LogP contribution in [0.15, 0.2) is 78.0 Å². The second-order valence-corrected chi connectivity index (χ2v) is 11.4. The van der Waals surface area contributed by atoms with Crippen LogP contribution in [0.4, 0.5) is 0 Å². The number of allylic oxidation sites excluding steroid dienone is 6. The number of aromatic nitrogens is 2. The molecule has 1 spiro atoms. The molecule has 4 heterocycles. The van der Waals surface area contributed by atoms with Crippen molar-refractivity contribution in [2.24, 2.45) is 23.7 Å². The highest BCUT2D eigenvalue weighted by Crippen LogP contribution is 2.55. The fourth-order valence-electron chi connectivity index (χ4n) is 7.21. The monoisotopic (exact) mass is 493 g/mol. The van der Waals surface area contributed by atoms with Crippen molar-refractivity contribution in [3.8, 4) is 0 Å². The first kappa shape index (κ1) is 23.8. The van der Waals surface area contributed by atoms with Crippen molar-refractivity contribution in [1.29, 1.82) is 0 Å². The maximum Gasteiger partial charge on any atom is 0.233 e. The number of benzene rings is 1. The molecule has 0 saturated carbocycles. The van der Waals surface area contributed by atoms with Crippen LogP contribution in [0.2, 0.25) is 0 Å². The standard InChI is InChI=1S/C32H35N3O2/c1-18-8-7-9-23-15-19(2)21(4)29-27(16-22-17-33-25-11-6-5-10-24(22)25)35-31(37)32(23,29)28-13-12-26(34-28)30(36)20(3)14-18/h5-7,9-15,17-18,21,23,27,29,33-34H,8,16H2,1-4H3,(H,35,37). The van der Waals surface area contributed by atoms with Crippen LogP contribution >= 0.6 is 0 Å². The second kappa shape index (κ2) is 8.76. The molecule has 3 aromatic rings. The van der Waals surface area contributed by atoms with Gasteiger partial charge in [-0.05, 0) is 67.9 Å². The van der Waals surface area contributed by atoms with E-state index in [0.717, 1.165) is 29.6 Å². The summed E-state index contributed by atoms with van der Waals surface area (Å²) in [5.74, 6) is 0.421. The normalized spacial score (nSPS) is 31.6. The van der Waals surface area contributed by atoms with Crippen molar-refractivity contribution >= 4 is 22.6 Å². The summed E-state index contributed by atoms with van der Waals surface area (Å²) in [6, 6.07) is 12.1. The Hall–Kier alpha value is -3.60. The van der Waals surface area contributed by atoms with Gasteiger partial charge in [0, 0.05) is 40.7 Å². The number of amides is 1. The Labute approximate surface area is 218 Å². The summed E-state index contributed by atoms with van der Waals surface area (Å²) in [6.07, 6.45) is 12.4. The smallest absolute Gasteiger partial charge is 0.233 e. The third-order valence-corrected chi connectivity index (χ3v) is 9.11. The molecular formula is C32H35N3O2. The first-order valence-electron chi connectivity index (χ1n) is 13.4. The van der Waals surface area contributed by atoms with Gasteiger partial charge >= 0.3 is 0 Å². The van der Waals surface area contributed by atoms with E-state index in [1.54, 1.807) is 0 Å². The Balaban J connectivity index is 1.51. The van der Waals surface area contributed by atoms with E-state index in [2.05, 4.69) is 84.8 Å². The summed E-state index contributed by atoms with van der Waals surface area (Å²) in [5.41, 5.74) is 4.97. The van der Waals surface area contributed by atoms with Gasteiger partial charge in [0.1, 0.15) is 5.41 Å². The number of Topliss-reactive ketones (excluding diaryl/α,β-unsaturated/α-hetero) is 1. The molecule has 2 aromatic heterocycles. The topological polar surface area (TPSA) is 77.8 Å². The highest BCUT2D eigenvalue weighted by Gasteiger charge is 2.63. The summed E-state index contributed by atoms with van der Waals surface area (Å²) in [7, 11) is 0. The first-order valence-corrected chi connectivity index (χ1v) is 13.4. The van der Waals surface area contributed by atoms with Crippen LogP contribution < -0.4 is 5.32 Å². The highest BCUT2D eigenvalue weighted by molar-refractivity contribution is 6.07. The largest absolute Gasteiger partial charge is 0.361 e. The highest BCUT2D eigenvalue weighted by atomic mass is 16.2. The van der Waals surface area contributed by atoms with Crippen LogP contribution in [0.5, 0.6) is 0 Å². The number of nitrogens with one attached hydrogen (secondary N) is 3. The number of hydrogen-bond donors (Lipinski definition) is 3. The van der Waals surface area contributed by atoms with E-state index in [9.17, 15) is 9.59 Å². The molecule has 190 valence electrons. The molecule has 3 N–H and O–H groups in total. The third kappa shape index (κ3) is 3.58. The minimum absolute atomic E-state index is 0.00326. The van der Waals surface area contributed by atoms with Crippen molar-refractivity contribution in [2.45, 2.75) is 52.0 Å². The number of hydrogen-bond acceptors (Lipinski definition) is 2. The van der Waals surface area contributed by atoms with Crippen molar-refractivity contribution in [1.82, 2.24) is 15.3 Å². The molecule has 6 rings (SSSR count). The molecule has 0 radical (unpaired) electrons. The van der Waals surface area contributed by atoms with Gasteiger partial charge in [-0.3, -0.25) is 9.59 Å². The summed E-state index contributed by atoms with van der Waals surface area (Å²) in [6.45, 7) is 8.46. The van der Waals surface area contributed by atoms with Gasteiger partial charge in [-0.25, -0.2) is 0 Å². The van der Waals surface area contributed by atoms with E-state index in [-0.39, 0.29) is 41.4 Å². The fourth-order valence-corrected chi connectivity index (χ4v) is 7.21. The van der Waals surface area contributed by atoms with Gasteiger partial charge in [0.05, 0.1) is 5.69 Å². The maximum absolute atomic E-state index is 14.3. The van der Waals surface area contributed by atoms with E-state index in [1.165, 1.54) is 16.5 Å². The first-order chi connectivity index (χ1) is 17.8. The molecule has 1 saturated heterocycles. The molecular weight excluding hydrogens is 458 g/mol. The fraction of sp³-hybridized carbons (Fsp3) is 0.375. The SMILES string of the molecule is CC1=CC(C)CC=CC2C=C(C)C(C)C3C(Cc4c[nH]c5ccccc45)NC(=O)C23c2ccc([nH]2)C1=O. The zero-order valence-corrected chi connectivity index (χ0v) is 22.0. The molecule has 6 unspecified atom stereocenters. The number of rotatable bonds is 2. The Kier molecular flexibility index (Phi) is 5.63. The number of para-hydroxylation sites is 1. The predicted octanol–water partition coefficient (Wildman–Crippen LogP) is 6.03. The summed E-state index contributed by atoms with van der Waals surface area (Å²) in [5, 5.41) is 4.64. The lowest BCUT2D eigenvalue weighted by molar-refractivity contribution is -0.126. The van der Waals surface area contributed by atoms with Gasteiger partial charge in [0.25, 0.3) is 0 Å². The minimum Gasteiger partial charge on any atom is -0.361 e. The summed E-state index contributed by atoms with van der Waals surface area (Å²) < 4.78 is 0. The zero-order chi connectivity index (χ0) is 25.9. The molecule has 5 heteroatoms. The zero-order valence-electron chi connectivity index (χ0n) is 22.0. The van der Waals surface area contributed by atoms with Gasteiger partial charge in [0.15, 0.2) is 0 Å². The number of fused-ring (bicyclic) bond motifs is 3. The molecule has 2 aliphatic heterocycles. The third-order valence-electron chi connectivity index (χ3n) is 9.11. The van der Waals surface area contributed by atoms with Crippen LogP contribution in [-0.2, 0) is 16.6 Å². The Morgan fingerprint density at radius 1 is 1.03 bits per heavy atom. The lowest BCUT2D eigenvalue weighted by Crippen LogP contribution is -2.50. The molecule has 5 nitrogen and oxygen atoms in total. The van der Waals surface area contributed by atoms with E-state index >= 15 is 0 Å². The van der Waals surface area contributed by atoms with Gasteiger partial charge in [0.2, 0.25) is 11.7 Å². The van der Waals surface area contributed by atoms with E-state index in [4.69, 9.17) is 0 Å². The number of aromatic amines is 2. The molecule has 2 bridgehead atoms. The minimum atomic E-state index is -0.801. The predicted molar refractivity (Wildman–Crippen MR) is 147 cm³/mol. The van der Waals surface area contributed by atoms with Crippen molar-refractivity contribution in [2.75, 3.05) is 0 Å². The van der Waals surface area contributed by atoms with Gasteiger partial charge in [-0.2, -0.15) is 0 Å². The van der Waals surface area contributed by atoms with Gasteiger partial charge < -0.3 is 15.3 Å². The van der Waals surface area contributed by atoms with Crippen LogP contribution in [0, 0.1) is 23.7 Å². The van der Waals surface area contributed by atoms with Crippen LogP contribution in [0.1, 0.15) is 55.9 Å². The van der Waals surface area contributed by atoms with E-state index < -0.39 is 5.41 Å². The van der Waals surface area contributed by atoms with Crippen molar-refractivity contribution < 1.29 is 9.59 Å². The van der Waals surface area contributed by atoms with Gasteiger partial charge in [-0.15, -0.1) is 0 Å². The number of H-pyrrole nitrogens is 2. The van der Waals surface area contributed by atoms with Gasteiger partial charge in [-0.1, -0.05) is 61.9 Å². The second-order valence-electron chi connectivity index (χ2n) is 11.4. The molecule has 1 aliphatic carbocycles. The Morgan fingerprint density at radius 3 is 2.68 bits per heavy atom. The summed E-state index contributed by atoms with van der Waals surface area (Å²) in [4.78, 5) is 34.3. The summed E-state index contributed by atoms with van der Waals surface area (Å²) >= 11 is 0. The van der Waals surface area contributed by atoms with E-state index in [0.29, 0.717) is 5.69 Å². The molecule has 1 amide bonds. The van der Waals surface area contributed by atoms with Crippen LogP contribution in [0.3, 0.4) is 0 Å². The quantitative estimate of drug-likeness (QED) is 0.381. The number of carbonyl (C=O) groups is 2. The maximum atomic E-state index is 14.3. The van der Waals surface area contributed by atoms with Crippen LogP contribution in [-0.4, -0.2) is 27.7 Å². The molecule has 6 atom stereocenters. The average molecular weight is 494 g/mol.